The van der Waals surface area contributed by atoms with Gasteiger partial charge in [0.1, 0.15) is 11.8 Å². The fourth-order valence-corrected chi connectivity index (χ4v) is 4.46. The van der Waals surface area contributed by atoms with Gasteiger partial charge in [-0.2, -0.15) is 0 Å². The fraction of sp³-hybridized carbons (Fsp3) is 0.290. The number of amides is 2. The molecule has 0 spiro atoms. The second kappa shape index (κ2) is 15.2. The summed E-state index contributed by atoms with van der Waals surface area (Å²) in [4.78, 5) is 28.0. The number of halogens is 3. The summed E-state index contributed by atoms with van der Waals surface area (Å²) < 4.78 is 46.8. The molecule has 1 fully saturated rings. The predicted octanol–water partition coefficient (Wildman–Crippen LogP) is 4.88. The lowest BCUT2D eigenvalue weighted by Crippen LogP contribution is -2.42. The van der Waals surface area contributed by atoms with Crippen LogP contribution in [0, 0.1) is 0 Å². The van der Waals surface area contributed by atoms with Crippen LogP contribution in [0.5, 0.6) is 5.75 Å². The molecule has 1 aliphatic rings. The second-order valence-corrected chi connectivity index (χ2v) is 9.69. The normalized spacial score (nSPS) is 14.7. The minimum absolute atomic E-state index is 0.291. The van der Waals surface area contributed by atoms with Gasteiger partial charge in [-0.1, -0.05) is 36.4 Å². The van der Waals surface area contributed by atoms with Crippen molar-refractivity contribution in [1.82, 2.24) is 10.2 Å². The van der Waals surface area contributed by atoms with Gasteiger partial charge in [-0.25, -0.2) is 0 Å². The zero-order valence-electron chi connectivity index (χ0n) is 23.6. The highest BCUT2D eigenvalue weighted by Crippen LogP contribution is 2.25. The van der Waals surface area contributed by atoms with Gasteiger partial charge in [0.2, 0.25) is 11.8 Å². The molecule has 1 atom stereocenters. The number of para-hydroxylation sites is 2. The minimum atomic E-state index is -4.80. The van der Waals surface area contributed by atoms with E-state index in [1.54, 1.807) is 43.5 Å². The molecule has 0 saturated carbocycles. The van der Waals surface area contributed by atoms with Gasteiger partial charge in [-0.15, -0.1) is 13.2 Å². The van der Waals surface area contributed by atoms with E-state index < -0.39 is 12.4 Å². The maximum Gasteiger partial charge on any atom is 0.573 e. The van der Waals surface area contributed by atoms with Crippen LogP contribution in [0.15, 0.2) is 78.9 Å². The first-order valence-electron chi connectivity index (χ1n) is 13.8. The first-order valence-corrected chi connectivity index (χ1v) is 13.8. The minimum Gasteiger partial charge on any atom is -0.406 e. The third-order valence-corrected chi connectivity index (χ3v) is 6.65. The van der Waals surface area contributed by atoms with Crippen LogP contribution in [0.25, 0.3) is 6.08 Å². The Bertz CT molecular complexity index is 1380. The van der Waals surface area contributed by atoms with Crippen molar-refractivity contribution in [3.05, 3.63) is 90.0 Å². The summed E-state index contributed by atoms with van der Waals surface area (Å²) in [5, 5.41) is 11.9. The third-order valence-electron chi connectivity index (χ3n) is 6.65. The number of benzene rings is 3. The van der Waals surface area contributed by atoms with Gasteiger partial charge in [0.05, 0.1) is 24.6 Å². The molecule has 1 heterocycles. The molecule has 0 bridgehead atoms. The molecule has 0 aliphatic carbocycles. The lowest BCUT2D eigenvalue weighted by atomic mass is 10.0. The zero-order valence-corrected chi connectivity index (χ0v) is 23.6. The van der Waals surface area contributed by atoms with E-state index in [4.69, 9.17) is 4.74 Å². The van der Waals surface area contributed by atoms with Crippen molar-refractivity contribution < 1.29 is 32.2 Å². The first kappa shape index (κ1) is 31.5. The maximum absolute atomic E-state index is 13.3. The van der Waals surface area contributed by atoms with E-state index in [9.17, 15) is 22.8 Å². The van der Waals surface area contributed by atoms with Crippen LogP contribution in [0.1, 0.15) is 17.2 Å². The van der Waals surface area contributed by atoms with Crippen molar-refractivity contribution in [2.75, 3.05) is 62.4 Å². The van der Waals surface area contributed by atoms with Crippen molar-refractivity contribution in [2.24, 2.45) is 0 Å². The molecular weight excluding hydrogens is 563 g/mol. The Kier molecular flexibility index (Phi) is 11.1. The fourth-order valence-electron chi connectivity index (χ4n) is 4.46. The lowest BCUT2D eigenvalue weighted by molar-refractivity contribution is -0.274. The van der Waals surface area contributed by atoms with E-state index in [0.29, 0.717) is 43.2 Å². The summed E-state index contributed by atoms with van der Waals surface area (Å²) in [6.45, 7) is 4.16. The summed E-state index contributed by atoms with van der Waals surface area (Å²) in [5.74, 6) is -1.05. The highest BCUT2D eigenvalue weighted by molar-refractivity contribution is 6.03. The van der Waals surface area contributed by atoms with Crippen LogP contribution < -0.4 is 26.0 Å². The predicted molar refractivity (Wildman–Crippen MR) is 160 cm³/mol. The number of ether oxygens (including phenoxy) is 2. The SMILES string of the molecule is CNc1ccccc1NC(=O)/C=C/c1ccc(C(NCCN2CCOCC2)C(=O)Nc2ccc(OC(F)(F)F)cc2)cc1. The molecule has 12 heteroatoms. The summed E-state index contributed by atoms with van der Waals surface area (Å²) in [6.07, 6.45) is -1.70. The topological polar surface area (TPSA) is 104 Å². The van der Waals surface area contributed by atoms with Gasteiger partial charge in [-0.3, -0.25) is 14.5 Å². The van der Waals surface area contributed by atoms with Crippen LogP contribution in [0.2, 0.25) is 0 Å². The van der Waals surface area contributed by atoms with Gasteiger partial charge in [0.25, 0.3) is 0 Å². The number of nitrogens with zero attached hydrogens (tertiary/aromatic N) is 1. The van der Waals surface area contributed by atoms with Gasteiger partial charge in [0.15, 0.2) is 0 Å². The molecule has 1 aliphatic heterocycles. The van der Waals surface area contributed by atoms with Crippen molar-refractivity contribution in [3.63, 3.8) is 0 Å². The standard InChI is InChI=1S/C31H34F3N5O4/c1-35-26-4-2-3-5-27(26)38-28(40)15-8-22-6-9-23(10-7-22)29(36-16-17-39-18-20-42-21-19-39)30(41)37-24-11-13-25(14-12-24)43-31(32,33)34/h2-15,29,35-36H,16-21H2,1H3,(H,37,41)(H,38,40)/b15-8+. The molecule has 3 aromatic rings. The van der Waals surface area contributed by atoms with Crippen LogP contribution in [-0.4, -0.2) is 69.5 Å². The Morgan fingerprint density at radius 3 is 2.28 bits per heavy atom. The Morgan fingerprint density at radius 2 is 1.63 bits per heavy atom. The molecule has 4 rings (SSSR count). The van der Waals surface area contributed by atoms with Crippen LogP contribution in [0.3, 0.4) is 0 Å². The van der Waals surface area contributed by atoms with E-state index in [2.05, 4.69) is 30.9 Å². The summed E-state index contributed by atoms with van der Waals surface area (Å²) in [5.41, 5.74) is 3.22. The summed E-state index contributed by atoms with van der Waals surface area (Å²) >= 11 is 0. The zero-order chi connectivity index (χ0) is 30.7. The number of rotatable bonds is 12. The maximum atomic E-state index is 13.3. The molecule has 0 radical (unpaired) electrons. The first-order chi connectivity index (χ1) is 20.7. The monoisotopic (exact) mass is 597 g/mol. The Morgan fingerprint density at radius 1 is 0.953 bits per heavy atom. The number of carbonyl (C=O) groups is 2. The molecule has 2 amide bonds. The average molecular weight is 598 g/mol. The van der Waals surface area contributed by atoms with Crippen LogP contribution in [-0.2, 0) is 14.3 Å². The number of anilines is 3. The molecule has 0 aromatic heterocycles. The average Bonchev–Trinajstić information content (AvgIpc) is 3.00. The van der Waals surface area contributed by atoms with E-state index in [0.717, 1.165) is 36.5 Å². The van der Waals surface area contributed by atoms with Crippen molar-refractivity contribution in [2.45, 2.75) is 12.4 Å². The van der Waals surface area contributed by atoms with Crippen LogP contribution in [0.4, 0.5) is 30.2 Å². The molecule has 228 valence electrons. The third kappa shape index (κ3) is 10.1. The Balaban J connectivity index is 1.42. The lowest BCUT2D eigenvalue weighted by Gasteiger charge is -2.27. The molecule has 3 aromatic carbocycles. The van der Waals surface area contributed by atoms with E-state index >= 15 is 0 Å². The second-order valence-electron chi connectivity index (χ2n) is 9.69. The number of hydrogen-bond acceptors (Lipinski definition) is 7. The van der Waals surface area contributed by atoms with E-state index in [1.807, 2.05) is 18.2 Å². The van der Waals surface area contributed by atoms with Crippen molar-refractivity contribution in [1.29, 1.82) is 0 Å². The largest absolute Gasteiger partial charge is 0.573 e. The summed E-state index contributed by atoms with van der Waals surface area (Å²) in [6, 6.07) is 18.8. The number of morpholine rings is 1. The van der Waals surface area contributed by atoms with Crippen molar-refractivity contribution in [3.8, 4) is 5.75 Å². The van der Waals surface area contributed by atoms with Crippen molar-refractivity contribution >= 4 is 35.0 Å². The molecule has 4 N–H and O–H groups in total. The molecule has 43 heavy (non-hydrogen) atoms. The number of hydrogen-bond donors (Lipinski definition) is 4. The highest BCUT2D eigenvalue weighted by atomic mass is 19.4. The highest BCUT2D eigenvalue weighted by Gasteiger charge is 2.31. The number of carbonyl (C=O) groups excluding carboxylic acids is 2. The van der Waals surface area contributed by atoms with Gasteiger partial charge in [-0.05, 0) is 53.6 Å². The summed E-state index contributed by atoms with van der Waals surface area (Å²) in [7, 11) is 1.77. The Hall–Kier alpha value is -4.39. The van der Waals surface area contributed by atoms with E-state index in [-0.39, 0.29) is 17.6 Å². The molecule has 1 saturated heterocycles. The molecule has 1 unspecified atom stereocenters. The van der Waals surface area contributed by atoms with Gasteiger partial charge < -0.3 is 30.7 Å². The Labute approximate surface area is 248 Å². The van der Waals surface area contributed by atoms with Gasteiger partial charge >= 0.3 is 6.36 Å². The van der Waals surface area contributed by atoms with E-state index in [1.165, 1.54) is 18.2 Å². The van der Waals surface area contributed by atoms with Crippen LogP contribution >= 0.6 is 0 Å². The smallest absolute Gasteiger partial charge is 0.406 e. The molecular formula is C31H34F3N5O4. The molecule has 9 nitrogen and oxygen atoms in total. The van der Waals surface area contributed by atoms with Gasteiger partial charge in [0, 0.05) is 45.0 Å². The number of alkyl halides is 3. The quantitative estimate of drug-likeness (QED) is 0.221. The number of nitrogens with one attached hydrogen (secondary N) is 4.